The van der Waals surface area contributed by atoms with Crippen LogP contribution in [0.3, 0.4) is 0 Å². The van der Waals surface area contributed by atoms with Crippen LogP contribution in [0.4, 0.5) is 5.69 Å². The molecular formula is C8H8N2O3. The first-order valence-electron chi connectivity index (χ1n) is 3.48. The van der Waals surface area contributed by atoms with Crippen LogP contribution in [0.2, 0.25) is 0 Å². The van der Waals surface area contributed by atoms with E-state index in [2.05, 4.69) is 9.72 Å². The Balaban J connectivity index is 3.09. The number of anilines is 1. The zero-order valence-electron chi connectivity index (χ0n) is 6.98. The van der Waals surface area contributed by atoms with Crippen LogP contribution in [0.1, 0.15) is 20.8 Å². The number of nitrogens with zero attached hydrogens (tertiary/aromatic N) is 1. The summed E-state index contributed by atoms with van der Waals surface area (Å²) < 4.78 is 4.44. The minimum Gasteiger partial charge on any atom is -0.465 e. The topological polar surface area (TPSA) is 82.3 Å². The molecule has 5 heteroatoms. The van der Waals surface area contributed by atoms with Crippen molar-refractivity contribution in [1.29, 1.82) is 0 Å². The highest BCUT2D eigenvalue weighted by molar-refractivity contribution is 5.91. The van der Waals surface area contributed by atoms with Crippen molar-refractivity contribution < 1.29 is 14.3 Å². The largest absolute Gasteiger partial charge is 0.465 e. The number of rotatable bonds is 2. The lowest BCUT2D eigenvalue weighted by molar-refractivity contribution is 0.0600. The van der Waals surface area contributed by atoms with Crippen LogP contribution in [0, 0.1) is 0 Å². The molecule has 13 heavy (non-hydrogen) atoms. The van der Waals surface area contributed by atoms with Gasteiger partial charge in [0, 0.05) is 6.20 Å². The molecule has 0 spiro atoms. The molecule has 1 aromatic heterocycles. The molecule has 5 nitrogen and oxygen atoms in total. The third-order valence-corrected chi connectivity index (χ3v) is 1.48. The number of esters is 1. The molecule has 1 heterocycles. The van der Waals surface area contributed by atoms with Crippen LogP contribution < -0.4 is 5.73 Å². The smallest absolute Gasteiger partial charge is 0.339 e. The van der Waals surface area contributed by atoms with Gasteiger partial charge in [0.1, 0.15) is 5.69 Å². The highest BCUT2D eigenvalue weighted by Crippen LogP contribution is 2.09. The lowest BCUT2D eigenvalue weighted by atomic mass is 10.2. The van der Waals surface area contributed by atoms with E-state index in [4.69, 9.17) is 5.73 Å². The Morgan fingerprint density at radius 2 is 2.38 bits per heavy atom. The van der Waals surface area contributed by atoms with E-state index < -0.39 is 5.97 Å². The maximum atomic E-state index is 11.0. The van der Waals surface area contributed by atoms with Crippen molar-refractivity contribution in [1.82, 2.24) is 4.98 Å². The molecule has 0 aromatic carbocycles. The number of carbonyl (C=O) groups is 2. The van der Waals surface area contributed by atoms with Gasteiger partial charge in [-0.2, -0.15) is 0 Å². The van der Waals surface area contributed by atoms with Crippen molar-refractivity contribution in [2.75, 3.05) is 12.8 Å². The molecule has 0 saturated heterocycles. The quantitative estimate of drug-likeness (QED) is 0.521. The molecule has 0 aliphatic heterocycles. The van der Waals surface area contributed by atoms with Crippen molar-refractivity contribution in [2.24, 2.45) is 0 Å². The van der Waals surface area contributed by atoms with Gasteiger partial charge in [-0.25, -0.2) is 4.79 Å². The highest BCUT2D eigenvalue weighted by atomic mass is 16.5. The second-order valence-electron chi connectivity index (χ2n) is 2.31. The fraction of sp³-hybridized carbons (Fsp3) is 0.125. The summed E-state index contributed by atoms with van der Waals surface area (Å²) in [5.41, 5.74) is 5.93. The maximum absolute atomic E-state index is 11.0. The molecule has 0 fully saturated rings. The van der Waals surface area contributed by atoms with Crippen molar-refractivity contribution in [3.05, 3.63) is 23.5 Å². The van der Waals surface area contributed by atoms with Gasteiger partial charge in [0.2, 0.25) is 0 Å². The number of aldehydes is 1. The summed E-state index contributed by atoms with van der Waals surface area (Å²) in [5.74, 6) is -0.531. The Morgan fingerprint density at radius 1 is 1.69 bits per heavy atom. The molecule has 0 radical (unpaired) electrons. The van der Waals surface area contributed by atoms with Gasteiger partial charge in [-0.15, -0.1) is 0 Å². The average Bonchev–Trinajstić information content (AvgIpc) is 2.16. The van der Waals surface area contributed by atoms with E-state index in [1.165, 1.54) is 19.4 Å². The number of nitrogen functional groups attached to an aromatic ring is 1. The number of aromatic nitrogens is 1. The second-order valence-corrected chi connectivity index (χ2v) is 2.31. The van der Waals surface area contributed by atoms with E-state index >= 15 is 0 Å². The molecule has 2 N–H and O–H groups in total. The SMILES string of the molecule is COC(=O)c1cnc(C=O)c(N)c1. The zero-order valence-corrected chi connectivity index (χ0v) is 6.98. The molecule has 1 aromatic rings. The number of hydrogen-bond donors (Lipinski definition) is 1. The van der Waals surface area contributed by atoms with Gasteiger partial charge in [-0.3, -0.25) is 9.78 Å². The molecule has 0 saturated carbocycles. The van der Waals surface area contributed by atoms with E-state index in [-0.39, 0.29) is 16.9 Å². The van der Waals surface area contributed by atoms with Crippen molar-refractivity contribution in [3.8, 4) is 0 Å². The summed E-state index contributed by atoms with van der Waals surface area (Å²) in [5, 5.41) is 0. The number of hydrogen-bond acceptors (Lipinski definition) is 5. The summed E-state index contributed by atoms with van der Waals surface area (Å²) in [6, 6.07) is 1.35. The Labute approximate surface area is 74.5 Å². The third-order valence-electron chi connectivity index (χ3n) is 1.48. The average molecular weight is 180 g/mol. The van der Waals surface area contributed by atoms with Crippen molar-refractivity contribution >= 4 is 17.9 Å². The third kappa shape index (κ3) is 1.81. The zero-order chi connectivity index (χ0) is 9.84. The van der Waals surface area contributed by atoms with Crippen LogP contribution >= 0.6 is 0 Å². The van der Waals surface area contributed by atoms with Crippen LogP contribution in [-0.4, -0.2) is 24.3 Å². The van der Waals surface area contributed by atoms with Crippen LogP contribution in [0.5, 0.6) is 0 Å². The molecule has 1 rings (SSSR count). The van der Waals surface area contributed by atoms with Crippen LogP contribution in [-0.2, 0) is 4.74 Å². The summed E-state index contributed by atoms with van der Waals surface area (Å²) in [7, 11) is 1.26. The molecule has 0 bridgehead atoms. The van der Waals surface area contributed by atoms with E-state index in [0.717, 1.165) is 0 Å². The van der Waals surface area contributed by atoms with Gasteiger partial charge in [0.25, 0.3) is 0 Å². The normalized spacial score (nSPS) is 9.31. The first-order chi connectivity index (χ1) is 6.19. The molecule has 0 amide bonds. The van der Waals surface area contributed by atoms with Gasteiger partial charge < -0.3 is 10.5 Å². The molecule has 0 unspecified atom stereocenters. The van der Waals surface area contributed by atoms with Crippen LogP contribution in [0.25, 0.3) is 0 Å². The standard InChI is InChI=1S/C8H8N2O3/c1-13-8(12)5-2-6(9)7(4-11)10-3-5/h2-4H,9H2,1H3. The van der Waals surface area contributed by atoms with Crippen LogP contribution in [0.15, 0.2) is 12.3 Å². The predicted octanol–water partition coefficient (Wildman–Crippen LogP) is 0.263. The summed E-state index contributed by atoms with van der Waals surface area (Å²) in [4.78, 5) is 25.0. The summed E-state index contributed by atoms with van der Waals surface area (Å²) in [6.45, 7) is 0. The Hall–Kier alpha value is -1.91. The summed E-state index contributed by atoms with van der Waals surface area (Å²) >= 11 is 0. The lowest BCUT2D eigenvalue weighted by Gasteiger charge is -2.00. The van der Waals surface area contributed by atoms with E-state index in [0.29, 0.717) is 6.29 Å². The number of ether oxygens (including phenoxy) is 1. The maximum Gasteiger partial charge on any atom is 0.339 e. The predicted molar refractivity (Wildman–Crippen MR) is 45.4 cm³/mol. The fourth-order valence-corrected chi connectivity index (χ4v) is 0.820. The fourth-order valence-electron chi connectivity index (χ4n) is 0.820. The monoisotopic (exact) mass is 180 g/mol. The minimum atomic E-state index is -0.531. The Kier molecular flexibility index (Phi) is 2.59. The summed E-state index contributed by atoms with van der Waals surface area (Å²) in [6.07, 6.45) is 1.77. The molecule has 0 atom stereocenters. The number of nitrogens with two attached hydrogens (primary N) is 1. The first kappa shape index (κ1) is 9.18. The molecule has 0 aliphatic carbocycles. The molecule has 0 aliphatic rings. The van der Waals surface area contributed by atoms with Gasteiger partial charge >= 0.3 is 5.97 Å². The van der Waals surface area contributed by atoms with Gasteiger partial charge in [-0.1, -0.05) is 0 Å². The van der Waals surface area contributed by atoms with Crippen molar-refractivity contribution in [3.63, 3.8) is 0 Å². The Bertz CT molecular complexity index is 349. The Morgan fingerprint density at radius 3 is 2.85 bits per heavy atom. The van der Waals surface area contributed by atoms with Gasteiger partial charge in [0.15, 0.2) is 6.29 Å². The number of carbonyl (C=O) groups excluding carboxylic acids is 2. The molecule has 68 valence electrons. The lowest BCUT2D eigenvalue weighted by Crippen LogP contribution is -2.05. The number of pyridine rings is 1. The van der Waals surface area contributed by atoms with Crippen molar-refractivity contribution in [2.45, 2.75) is 0 Å². The second kappa shape index (κ2) is 3.66. The van der Waals surface area contributed by atoms with E-state index in [1.807, 2.05) is 0 Å². The highest BCUT2D eigenvalue weighted by Gasteiger charge is 2.08. The molecular weight excluding hydrogens is 172 g/mol. The number of methoxy groups -OCH3 is 1. The van der Waals surface area contributed by atoms with E-state index in [1.54, 1.807) is 0 Å². The van der Waals surface area contributed by atoms with E-state index in [9.17, 15) is 9.59 Å². The minimum absolute atomic E-state index is 0.118. The van der Waals surface area contributed by atoms with Gasteiger partial charge in [0.05, 0.1) is 18.4 Å². The van der Waals surface area contributed by atoms with Gasteiger partial charge in [-0.05, 0) is 6.07 Å². The first-order valence-corrected chi connectivity index (χ1v) is 3.48.